The Bertz CT molecular complexity index is 33.3. The number of rotatable bonds is 4. The fraction of sp³-hybridized carbons (Fsp3) is 1.00. The molecule has 0 nitrogen and oxygen atoms in total. The second kappa shape index (κ2) is 22.4. The molecule has 0 aromatic rings. The first kappa shape index (κ1) is 29.6. The normalized spacial score (nSPS) is 7.00. The van der Waals surface area contributed by atoms with Gasteiger partial charge in [-0.25, -0.2) is 0 Å². The summed E-state index contributed by atoms with van der Waals surface area (Å²) in [7, 11) is 0. The third-order valence-electron chi connectivity index (χ3n) is 1.56. The standard InChI is InChI=1S/C8H18.4CH4/c1-4-6-8(3)7-5-2;;;;/h8H,4-7H2,1-3H3;4*1H4. The maximum absolute atomic E-state index is 2.34. The van der Waals surface area contributed by atoms with E-state index in [1.807, 2.05) is 0 Å². The quantitative estimate of drug-likeness (QED) is 0.513. The van der Waals surface area contributed by atoms with Crippen LogP contribution in [0.1, 0.15) is 76.2 Å². The van der Waals surface area contributed by atoms with Crippen LogP contribution in [0.2, 0.25) is 0 Å². The summed E-state index contributed by atoms with van der Waals surface area (Å²) in [5.74, 6) is 0.963. The van der Waals surface area contributed by atoms with Gasteiger partial charge in [0.1, 0.15) is 0 Å². The fourth-order valence-corrected chi connectivity index (χ4v) is 1.13. The molecule has 0 aliphatic carbocycles. The van der Waals surface area contributed by atoms with Gasteiger partial charge in [-0.15, -0.1) is 0 Å². The molecule has 0 atom stereocenters. The van der Waals surface area contributed by atoms with Crippen LogP contribution < -0.4 is 0 Å². The third-order valence-corrected chi connectivity index (χ3v) is 1.56. The van der Waals surface area contributed by atoms with Crippen LogP contribution in [0.25, 0.3) is 0 Å². The van der Waals surface area contributed by atoms with Crippen molar-refractivity contribution < 1.29 is 0 Å². The van der Waals surface area contributed by atoms with Gasteiger partial charge in [-0.3, -0.25) is 0 Å². The second-order valence-corrected chi connectivity index (χ2v) is 2.68. The van der Waals surface area contributed by atoms with E-state index >= 15 is 0 Å². The Morgan fingerprint density at radius 3 is 1.17 bits per heavy atom. The summed E-state index contributed by atoms with van der Waals surface area (Å²) in [5, 5.41) is 0. The highest BCUT2D eigenvalue weighted by atomic mass is 14.0. The zero-order valence-corrected chi connectivity index (χ0v) is 6.41. The van der Waals surface area contributed by atoms with Crippen molar-refractivity contribution in [1.29, 1.82) is 0 Å². The molecule has 12 heavy (non-hydrogen) atoms. The molecule has 0 unspecified atom stereocenters. The van der Waals surface area contributed by atoms with E-state index in [4.69, 9.17) is 0 Å². The van der Waals surface area contributed by atoms with Gasteiger partial charge in [-0.2, -0.15) is 0 Å². The predicted octanol–water partition coefficient (Wildman–Crippen LogP) is 5.77. The van der Waals surface area contributed by atoms with Crippen LogP contribution in [0, 0.1) is 5.92 Å². The number of hydrogen-bond acceptors (Lipinski definition) is 0. The Balaban J connectivity index is -0.0000000408. The van der Waals surface area contributed by atoms with Crippen molar-refractivity contribution in [2.75, 3.05) is 0 Å². The van der Waals surface area contributed by atoms with Gasteiger partial charge in [-0.05, 0) is 5.92 Å². The minimum Gasteiger partial charge on any atom is -0.0776 e. The molecule has 0 aliphatic rings. The second-order valence-electron chi connectivity index (χ2n) is 2.68. The molecule has 0 amide bonds. The molecule has 0 heterocycles. The largest absolute Gasteiger partial charge is 0.0776 e. The van der Waals surface area contributed by atoms with Crippen LogP contribution in [0.4, 0.5) is 0 Å². The van der Waals surface area contributed by atoms with Gasteiger partial charge in [0.25, 0.3) is 0 Å². The average molecular weight is 178 g/mol. The molecule has 0 aromatic carbocycles. The van der Waals surface area contributed by atoms with Crippen molar-refractivity contribution in [3.63, 3.8) is 0 Å². The first-order valence-electron chi connectivity index (χ1n) is 3.81. The Morgan fingerprint density at radius 2 is 1.00 bits per heavy atom. The van der Waals surface area contributed by atoms with Crippen LogP contribution in [0.5, 0.6) is 0 Å². The van der Waals surface area contributed by atoms with Crippen LogP contribution in [0.3, 0.4) is 0 Å². The van der Waals surface area contributed by atoms with Gasteiger partial charge in [0, 0.05) is 0 Å². The van der Waals surface area contributed by atoms with Gasteiger partial charge < -0.3 is 0 Å². The zero-order chi connectivity index (χ0) is 6.41. The van der Waals surface area contributed by atoms with Gasteiger partial charge in [-0.1, -0.05) is 76.2 Å². The monoisotopic (exact) mass is 178 g/mol. The van der Waals surface area contributed by atoms with E-state index in [-0.39, 0.29) is 29.7 Å². The van der Waals surface area contributed by atoms with Crippen LogP contribution in [0.15, 0.2) is 0 Å². The van der Waals surface area contributed by atoms with Crippen molar-refractivity contribution in [2.24, 2.45) is 5.92 Å². The Morgan fingerprint density at radius 1 is 0.750 bits per heavy atom. The van der Waals surface area contributed by atoms with Crippen LogP contribution in [-0.2, 0) is 0 Å². The topological polar surface area (TPSA) is 0 Å². The molecule has 0 fully saturated rings. The SMILES string of the molecule is C.C.C.C.CCCC(C)CCC. The molecule has 0 saturated heterocycles. The van der Waals surface area contributed by atoms with E-state index in [2.05, 4.69) is 20.8 Å². The van der Waals surface area contributed by atoms with Crippen molar-refractivity contribution in [2.45, 2.75) is 76.2 Å². The van der Waals surface area contributed by atoms with Crippen LogP contribution in [-0.4, -0.2) is 0 Å². The highest BCUT2D eigenvalue weighted by molar-refractivity contribution is 4.48. The predicted molar refractivity (Wildman–Crippen MR) is 65.9 cm³/mol. The van der Waals surface area contributed by atoms with Gasteiger partial charge in [0.2, 0.25) is 0 Å². The van der Waals surface area contributed by atoms with Gasteiger partial charge >= 0.3 is 0 Å². The summed E-state index contributed by atoms with van der Waals surface area (Å²) in [5.41, 5.74) is 0. The maximum atomic E-state index is 2.34. The molecule has 0 aromatic heterocycles. The molecule has 0 spiro atoms. The van der Waals surface area contributed by atoms with E-state index in [1.165, 1.54) is 25.7 Å². The van der Waals surface area contributed by atoms with Gasteiger partial charge in [0.15, 0.2) is 0 Å². The molecule has 0 aliphatic heterocycles. The Labute approximate surface area is 82.8 Å². The van der Waals surface area contributed by atoms with Crippen molar-refractivity contribution in [3.8, 4) is 0 Å². The lowest BCUT2D eigenvalue weighted by Gasteiger charge is -2.05. The summed E-state index contributed by atoms with van der Waals surface area (Å²) in [6, 6.07) is 0. The van der Waals surface area contributed by atoms with Crippen molar-refractivity contribution in [1.82, 2.24) is 0 Å². The molecule has 0 N–H and O–H groups in total. The zero-order valence-electron chi connectivity index (χ0n) is 6.41. The van der Waals surface area contributed by atoms with E-state index < -0.39 is 0 Å². The first-order valence-corrected chi connectivity index (χ1v) is 3.81. The molecule has 82 valence electrons. The Kier molecular flexibility index (Phi) is 55.4. The lowest BCUT2D eigenvalue weighted by Crippen LogP contribution is -1.91. The van der Waals surface area contributed by atoms with E-state index in [0.29, 0.717) is 0 Å². The highest BCUT2D eigenvalue weighted by Crippen LogP contribution is 2.10. The summed E-state index contributed by atoms with van der Waals surface area (Å²) >= 11 is 0. The summed E-state index contributed by atoms with van der Waals surface area (Å²) in [4.78, 5) is 0. The molecular formula is C12H34. The molecule has 0 radical (unpaired) electrons. The van der Waals surface area contributed by atoms with E-state index in [0.717, 1.165) is 5.92 Å². The third kappa shape index (κ3) is 22.5. The lowest BCUT2D eigenvalue weighted by molar-refractivity contribution is 0.480. The molecular weight excluding hydrogens is 144 g/mol. The molecule has 0 bridgehead atoms. The van der Waals surface area contributed by atoms with Gasteiger partial charge in [0.05, 0.1) is 0 Å². The minimum absolute atomic E-state index is 0. The van der Waals surface area contributed by atoms with Crippen molar-refractivity contribution in [3.05, 3.63) is 0 Å². The highest BCUT2D eigenvalue weighted by Gasteiger charge is 1.95. The average Bonchev–Trinajstić information content (AvgIpc) is 1.68. The summed E-state index contributed by atoms with van der Waals surface area (Å²) in [6.07, 6.45) is 5.52. The van der Waals surface area contributed by atoms with Crippen molar-refractivity contribution >= 4 is 0 Å². The number of hydrogen-bond donors (Lipinski definition) is 0. The maximum Gasteiger partial charge on any atom is -0.0443 e. The summed E-state index contributed by atoms with van der Waals surface area (Å²) in [6.45, 7) is 6.85. The molecule has 0 rings (SSSR count). The minimum atomic E-state index is 0. The fourth-order valence-electron chi connectivity index (χ4n) is 1.13. The Hall–Kier alpha value is 0. The summed E-state index contributed by atoms with van der Waals surface area (Å²) < 4.78 is 0. The van der Waals surface area contributed by atoms with E-state index in [9.17, 15) is 0 Å². The first-order chi connectivity index (χ1) is 3.81. The molecule has 0 saturated carbocycles. The van der Waals surface area contributed by atoms with Crippen LogP contribution >= 0.6 is 0 Å². The van der Waals surface area contributed by atoms with E-state index in [1.54, 1.807) is 0 Å². The lowest BCUT2D eigenvalue weighted by atomic mass is 10.0. The molecule has 0 heteroatoms. The smallest absolute Gasteiger partial charge is 0.0443 e.